The molecule has 2 aromatic rings. The summed E-state index contributed by atoms with van der Waals surface area (Å²) in [7, 11) is 2.92. The Hall–Kier alpha value is -1.75. The molecule has 0 spiro atoms. The minimum atomic E-state index is -0.405. The second-order valence-electron chi connectivity index (χ2n) is 4.80. The van der Waals surface area contributed by atoms with Gasteiger partial charge in [0.25, 0.3) is 0 Å². The van der Waals surface area contributed by atoms with Gasteiger partial charge < -0.3 is 14.2 Å². The van der Waals surface area contributed by atoms with Crippen LogP contribution in [0.3, 0.4) is 0 Å². The topological polar surface area (TPSA) is 44.8 Å². The minimum Gasteiger partial charge on any atom is -0.496 e. The lowest BCUT2D eigenvalue weighted by atomic mass is 10.0. The molecule has 2 aromatic carbocycles. The lowest BCUT2D eigenvalue weighted by molar-refractivity contribution is 0.0600. The maximum Gasteiger partial charge on any atom is 0.338 e. The lowest BCUT2D eigenvalue weighted by Gasteiger charge is -2.16. The van der Waals surface area contributed by atoms with Crippen molar-refractivity contribution in [1.29, 1.82) is 0 Å². The number of carbonyl (C=O) groups excluding carboxylic acids is 1. The van der Waals surface area contributed by atoms with E-state index in [0.29, 0.717) is 11.3 Å². The van der Waals surface area contributed by atoms with Crippen LogP contribution in [0, 0.1) is 0 Å². The zero-order valence-corrected chi connectivity index (χ0v) is 14.0. The highest BCUT2D eigenvalue weighted by Gasteiger charge is 2.17. The Bertz CT molecular complexity index is 680. The first kappa shape index (κ1) is 15.6. The van der Waals surface area contributed by atoms with Gasteiger partial charge in [0, 0.05) is 9.86 Å². The highest BCUT2D eigenvalue weighted by Crippen LogP contribution is 2.39. The first-order valence-corrected chi connectivity index (χ1v) is 7.32. The fraction of sp³-hybridized carbons (Fsp3) is 0.312. The highest BCUT2D eigenvalue weighted by molar-refractivity contribution is 9.10. The molecule has 0 radical (unpaired) electrons. The van der Waals surface area contributed by atoms with Crippen molar-refractivity contribution in [2.24, 2.45) is 0 Å². The fourth-order valence-corrected chi connectivity index (χ4v) is 2.57. The van der Waals surface area contributed by atoms with Crippen molar-refractivity contribution in [2.45, 2.75) is 20.0 Å². The number of hydrogen-bond acceptors (Lipinski definition) is 4. The average molecular weight is 353 g/mol. The van der Waals surface area contributed by atoms with E-state index in [0.717, 1.165) is 21.0 Å². The quantitative estimate of drug-likeness (QED) is 0.774. The van der Waals surface area contributed by atoms with Crippen molar-refractivity contribution in [1.82, 2.24) is 0 Å². The Balaban J connectivity index is 2.76. The number of ether oxygens (including phenoxy) is 3. The van der Waals surface area contributed by atoms with E-state index in [2.05, 4.69) is 15.9 Å². The predicted octanol–water partition coefficient (Wildman–Crippen LogP) is 4.18. The second-order valence-corrected chi connectivity index (χ2v) is 5.66. The molecule has 4 nitrogen and oxygen atoms in total. The summed E-state index contributed by atoms with van der Waals surface area (Å²) in [6, 6.07) is 7.20. The highest BCUT2D eigenvalue weighted by atomic mass is 79.9. The van der Waals surface area contributed by atoms with E-state index in [1.54, 1.807) is 19.2 Å². The van der Waals surface area contributed by atoms with Gasteiger partial charge in [0.1, 0.15) is 11.5 Å². The Labute approximate surface area is 132 Å². The van der Waals surface area contributed by atoms with E-state index < -0.39 is 5.97 Å². The Morgan fingerprint density at radius 1 is 1.14 bits per heavy atom. The molecular formula is C16H17BrO4. The number of carbonyl (C=O) groups is 1. The summed E-state index contributed by atoms with van der Waals surface area (Å²) in [6.45, 7) is 3.92. The van der Waals surface area contributed by atoms with Crippen LogP contribution in [0.25, 0.3) is 10.8 Å². The molecule has 0 aliphatic carbocycles. The standard InChI is InChI=1S/C16H17BrO4/c1-9(2)21-13-6-5-12(17)11-7-10(16(18)20-4)8-14(19-3)15(11)13/h5-9H,1-4H3. The monoisotopic (exact) mass is 352 g/mol. The van der Waals surface area contributed by atoms with Gasteiger partial charge >= 0.3 is 5.97 Å². The van der Waals surface area contributed by atoms with Gasteiger partial charge in [0.15, 0.2) is 0 Å². The van der Waals surface area contributed by atoms with Crippen molar-refractivity contribution >= 4 is 32.7 Å². The van der Waals surface area contributed by atoms with E-state index in [9.17, 15) is 4.79 Å². The number of methoxy groups -OCH3 is 2. The van der Waals surface area contributed by atoms with E-state index in [-0.39, 0.29) is 6.10 Å². The molecule has 0 aliphatic heterocycles. The number of esters is 1. The lowest BCUT2D eigenvalue weighted by Crippen LogP contribution is -2.07. The van der Waals surface area contributed by atoms with Crippen molar-refractivity contribution < 1.29 is 19.0 Å². The third-order valence-electron chi connectivity index (χ3n) is 2.99. The molecule has 0 saturated heterocycles. The second kappa shape index (κ2) is 6.35. The molecule has 0 N–H and O–H groups in total. The van der Waals surface area contributed by atoms with Crippen molar-refractivity contribution in [3.8, 4) is 11.5 Å². The largest absolute Gasteiger partial charge is 0.496 e. The van der Waals surface area contributed by atoms with E-state index in [1.807, 2.05) is 26.0 Å². The zero-order chi connectivity index (χ0) is 15.6. The van der Waals surface area contributed by atoms with Gasteiger partial charge in [-0.05, 0) is 38.1 Å². The van der Waals surface area contributed by atoms with E-state index in [1.165, 1.54) is 7.11 Å². The molecular weight excluding hydrogens is 336 g/mol. The normalized spacial score (nSPS) is 10.8. The van der Waals surface area contributed by atoms with Crippen molar-refractivity contribution in [3.63, 3.8) is 0 Å². The van der Waals surface area contributed by atoms with Crippen LogP contribution in [-0.2, 0) is 4.74 Å². The Morgan fingerprint density at radius 3 is 2.43 bits per heavy atom. The molecule has 0 amide bonds. The first-order chi connectivity index (χ1) is 9.97. The summed E-state index contributed by atoms with van der Waals surface area (Å²) < 4.78 is 16.9. The number of rotatable bonds is 4. The molecule has 112 valence electrons. The van der Waals surface area contributed by atoms with Crippen LogP contribution in [0.15, 0.2) is 28.7 Å². The summed E-state index contributed by atoms with van der Waals surface area (Å²) in [5.41, 5.74) is 0.434. The van der Waals surface area contributed by atoms with Crippen molar-refractivity contribution in [2.75, 3.05) is 14.2 Å². The van der Waals surface area contributed by atoms with Crippen LogP contribution in [0.4, 0.5) is 0 Å². The van der Waals surface area contributed by atoms with Gasteiger partial charge in [-0.25, -0.2) is 4.79 Å². The van der Waals surface area contributed by atoms with Gasteiger partial charge in [-0.3, -0.25) is 0 Å². The molecule has 2 rings (SSSR count). The third-order valence-corrected chi connectivity index (χ3v) is 3.68. The van der Waals surface area contributed by atoms with Gasteiger partial charge in [-0.1, -0.05) is 15.9 Å². The number of fused-ring (bicyclic) bond motifs is 1. The van der Waals surface area contributed by atoms with Gasteiger partial charge in [-0.2, -0.15) is 0 Å². The van der Waals surface area contributed by atoms with E-state index in [4.69, 9.17) is 14.2 Å². The van der Waals surface area contributed by atoms with Crippen LogP contribution in [0.2, 0.25) is 0 Å². The summed E-state index contributed by atoms with van der Waals surface area (Å²) in [5.74, 6) is 0.888. The predicted molar refractivity (Wildman–Crippen MR) is 85.3 cm³/mol. The molecule has 0 saturated carbocycles. The molecule has 0 unspecified atom stereocenters. The number of benzene rings is 2. The SMILES string of the molecule is COC(=O)c1cc(OC)c2c(OC(C)C)ccc(Br)c2c1. The van der Waals surface area contributed by atoms with Crippen LogP contribution in [0.1, 0.15) is 24.2 Å². The molecule has 5 heteroatoms. The summed E-state index contributed by atoms with van der Waals surface area (Å²) in [5, 5.41) is 1.67. The first-order valence-electron chi connectivity index (χ1n) is 6.53. The number of hydrogen-bond donors (Lipinski definition) is 0. The minimum absolute atomic E-state index is 0.0411. The van der Waals surface area contributed by atoms with Gasteiger partial charge in [-0.15, -0.1) is 0 Å². The Morgan fingerprint density at radius 2 is 1.86 bits per heavy atom. The fourth-order valence-electron chi connectivity index (χ4n) is 2.13. The molecule has 0 bridgehead atoms. The van der Waals surface area contributed by atoms with Gasteiger partial charge in [0.05, 0.1) is 31.3 Å². The molecule has 21 heavy (non-hydrogen) atoms. The zero-order valence-electron chi connectivity index (χ0n) is 12.4. The maximum absolute atomic E-state index is 11.8. The summed E-state index contributed by atoms with van der Waals surface area (Å²) >= 11 is 3.50. The van der Waals surface area contributed by atoms with Crippen LogP contribution < -0.4 is 9.47 Å². The molecule has 0 heterocycles. The van der Waals surface area contributed by atoms with Crippen LogP contribution >= 0.6 is 15.9 Å². The average Bonchev–Trinajstić information content (AvgIpc) is 2.47. The molecule has 0 atom stereocenters. The van der Waals surface area contributed by atoms with Crippen LogP contribution in [-0.4, -0.2) is 26.3 Å². The summed E-state index contributed by atoms with van der Waals surface area (Å²) in [4.78, 5) is 11.8. The van der Waals surface area contributed by atoms with Crippen molar-refractivity contribution in [3.05, 3.63) is 34.3 Å². The Kier molecular flexibility index (Phi) is 4.73. The van der Waals surface area contributed by atoms with Gasteiger partial charge in [0.2, 0.25) is 0 Å². The molecule has 0 aromatic heterocycles. The number of halogens is 1. The third kappa shape index (κ3) is 3.13. The smallest absolute Gasteiger partial charge is 0.338 e. The molecule has 0 aliphatic rings. The van der Waals surface area contributed by atoms with E-state index >= 15 is 0 Å². The van der Waals surface area contributed by atoms with Crippen LogP contribution in [0.5, 0.6) is 11.5 Å². The maximum atomic E-state index is 11.8. The summed E-state index contributed by atoms with van der Waals surface area (Å²) in [6.07, 6.45) is 0.0411. The molecule has 0 fully saturated rings.